The van der Waals surface area contributed by atoms with Gasteiger partial charge in [-0.15, -0.1) is 5.10 Å². The molecular formula is C19H24N4O4. The molecule has 1 aliphatic rings. The van der Waals surface area contributed by atoms with Gasteiger partial charge in [-0.2, -0.15) is 5.10 Å². The average Bonchev–Trinajstić information content (AvgIpc) is 2.65. The fourth-order valence-corrected chi connectivity index (χ4v) is 3.05. The van der Waals surface area contributed by atoms with Crippen molar-refractivity contribution in [1.29, 1.82) is 0 Å². The molecule has 1 aliphatic heterocycles. The predicted octanol–water partition coefficient (Wildman–Crippen LogP) is 2.47. The molecule has 144 valence electrons. The van der Waals surface area contributed by atoms with E-state index >= 15 is 0 Å². The number of hydrogen-bond donors (Lipinski definition) is 0. The van der Waals surface area contributed by atoms with Gasteiger partial charge in [0, 0.05) is 31.6 Å². The lowest BCUT2D eigenvalue weighted by atomic mass is 10.1. The highest BCUT2D eigenvalue weighted by Crippen LogP contribution is 2.28. The van der Waals surface area contributed by atoms with Crippen molar-refractivity contribution < 1.29 is 19.1 Å². The van der Waals surface area contributed by atoms with Crippen LogP contribution in [0.4, 0.5) is 10.5 Å². The lowest BCUT2D eigenvalue weighted by Gasteiger charge is -2.36. The van der Waals surface area contributed by atoms with E-state index in [4.69, 9.17) is 9.47 Å². The van der Waals surface area contributed by atoms with Gasteiger partial charge < -0.3 is 19.3 Å². The van der Waals surface area contributed by atoms with Gasteiger partial charge >= 0.3 is 12.1 Å². The first-order valence-electron chi connectivity index (χ1n) is 8.86. The summed E-state index contributed by atoms with van der Waals surface area (Å²) < 4.78 is 10.3. The van der Waals surface area contributed by atoms with E-state index in [0.717, 1.165) is 11.1 Å². The molecule has 0 radical (unpaired) electrons. The third-order valence-electron chi connectivity index (χ3n) is 4.33. The molecule has 0 unspecified atom stereocenters. The van der Waals surface area contributed by atoms with E-state index in [0.29, 0.717) is 37.3 Å². The zero-order valence-corrected chi connectivity index (χ0v) is 16.1. The number of rotatable bonds is 2. The van der Waals surface area contributed by atoms with E-state index < -0.39 is 11.6 Å². The van der Waals surface area contributed by atoms with Crippen LogP contribution in [0, 0.1) is 0 Å². The summed E-state index contributed by atoms with van der Waals surface area (Å²) in [6.45, 7) is 7.95. The number of aromatic nitrogens is 2. The van der Waals surface area contributed by atoms with E-state index in [1.807, 2.05) is 26.8 Å². The molecule has 1 saturated heterocycles. The summed E-state index contributed by atoms with van der Waals surface area (Å²) in [4.78, 5) is 28.1. The molecule has 1 amide bonds. The van der Waals surface area contributed by atoms with Gasteiger partial charge in [-0.25, -0.2) is 9.59 Å². The molecule has 0 aliphatic carbocycles. The van der Waals surface area contributed by atoms with E-state index in [1.54, 1.807) is 23.2 Å². The Hall–Kier alpha value is -2.90. The molecule has 0 atom stereocenters. The number of nitrogens with zero attached hydrogens (tertiary/aromatic N) is 4. The minimum atomic E-state index is -0.510. The molecule has 0 N–H and O–H groups in total. The second-order valence-corrected chi connectivity index (χ2v) is 7.38. The van der Waals surface area contributed by atoms with Gasteiger partial charge in [0.1, 0.15) is 11.1 Å². The normalized spacial score (nSPS) is 15.0. The zero-order chi connectivity index (χ0) is 19.6. The van der Waals surface area contributed by atoms with Crippen LogP contribution < -0.4 is 4.90 Å². The first kappa shape index (κ1) is 18.9. The van der Waals surface area contributed by atoms with Crippen molar-refractivity contribution in [2.24, 2.45) is 0 Å². The van der Waals surface area contributed by atoms with Crippen molar-refractivity contribution in [1.82, 2.24) is 15.1 Å². The molecule has 0 spiro atoms. The van der Waals surface area contributed by atoms with Crippen LogP contribution in [0.15, 0.2) is 24.4 Å². The number of fused-ring (bicyclic) bond motifs is 1. The Balaban J connectivity index is 1.80. The molecule has 27 heavy (non-hydrogen) atoms. The van der Waals surface area contributed by atoms with Crippen LogP contribution in [-0.4, -0.2) is 66.0 Å². The number of benzene rings is 1. The number of anilines is 1. The van der Waals surface area contributed by atoms with Crippen LogP contribution in [0.2, 0.25) is 0 Å². The Labute approximate surface area is 158 Å². The van der Waals surface area contributed by atoms with Crippen molar-refractivity contribution in [3.8, 4) is 0 Å². The van der Waals surface area contributed by atoms with Gasteiger partial charge in [0.15, 0.2) is 0 Å². The molecular weight excluding hydrogens is 348 g/mol. The fraction of sp³-hybridized carbons (Fsp3) is 0.474. The van der Waals surface area contributed by atoms with Crippen molar-refractivity contribution in [3.63, 3.8) is 0 Å². The number of esters is 1. The molecule has 3 rings (SSSR count). The van der Waals surface area contributed by atoms with Gasteiger partial charge in [-0.05, 0) is 26.8 Å². The molecule has 1 fully saturated rings. The number of hydrogen-bond acceptors (Lipinski definition) is 7. The Morgan fingerprint density at radius 3 is 2.44 bits per heavy atom. The Kier molecular flexibility index (Phi) is 5.16. The summed E-state index contributed by atoms with van der Waals surface area (Å²) in [7, 11) is 1.34. The smallest absolute Gasteiger partial charge is 0.410 e. The second kappa shape index (κ2) is 7.38. The zero-order valence-electron chi connectivity index (χ0n) is 16.1. The van der Waals surface area contributed by atoms with Crippen LogP contribution in [0.5, 0.6) is 0 Å². The van der Waals surface area contributed by atoms with E-state index in [-0.39, 0.29) is 6.09 Å². The Morgan fingerprint density at radius 2 is 1.81 bits per heavy atom. The Bertz CT molecular complexity index is 854. The topological polar surface area (TPSA) is 84.9 Å². The SMILES string of the molecule is COC(=O)c1cccc2c(N3CCN(C(=O)OC(C)(C)C)CC3)cnnc12. The first-order chi connectivity index (χ1) is 12.8. The minimum Gasteiger partial charge on any atom is -0.465 e. The fourth-order valence-electron chi connectivity index (χ4n) is 3.05. The summed E-state index contributed by atoms with van der Waals surface area (Å²) in [6.07, 6.45) is 1.39. The standard InChI is InChI=1S/C19H24N4O4/c1-19(2,3)27-18(25)23-10-8-22(9-11-23)15-12-20-21-16-13(15)6-5-7-14(16)17(24)26-4/h5-7,12H,8-11H2,1-4H3. The monoisotopic (exact) mass is 372 g/mol. The lowest BCUT2D eigenvalue weighted by Crippen LogP contribution is -2.50. The molecule has 2 heterocycles. The largest absolute Gasteiger partial charge is 0.465 e. The summed E-state index contributed by atoms with van der Waals surface area (Å²) >= 11 is 0. The van der Waals surface area contributed by atoms with Gasteiger partial charge in [0.05, 0.1) is 24.6 Å². The lowest BCUT2D eigenvalue weighted by molar-refractivity contribution is 0.0240. The first-order valence-corrected chi connectivity index (χ1v) is 8.86. The van der Waals surface area contributed by atoms with Crippen molar-refractivity contribution in [3.05, 3.63) is 30.0 Å². The van der Waals surface area contributed by atoms with Gasteiger partial charge in [-0.3, -0.25) is 0 Å². The highest BCUT2D eigenvalue weighted by molar-refractivity contribution is 6.05. The second-order valence-electron chi connectivity index (χ2n) is 7.38. The summed E-state index contributed by atoms with van der Waals surface area (Å²) in [5.41, 5.74) is 1.27. The average molecular weight is 372 g/mol. The minimum absolute atomic E-state index is 0.298. The summed E-state index contributed by atoms with van der Waals surface area (Å²) in [5.74, 6) is -0.443. The van der Waals surface area contributed by atoms with E-state index in [1.165, 1.54) is 7.11 Å². The molecule has 0 bridgehead atoms. The maximum atomic E-state index is 12.2. The maximum Gasteiger partial charge on any atom is 0.410 e. The van der Waals surface area contributed by atoms with Crippen molar-refractivity contribution >= 4 is 28.7 Å². The van der Waals surface area contributed by atoms with Crippen LogP contribution in [0.25, 0.3) is 10.9 Å². The highest BCUT2D eigenvalue weighted by Gasteiger charge is 2.27. The molecule has 0 saturated carbocycles. The number of amides is 1. The molecule has 1 aromatic carbocycles. The van der Waals surface area contributed by atoms with Crippen molar-refractivity contribution in [2.75, 3.05) is 38.2 Å². The summed E-state index contributed by atoms with van der Waals surface area (Å²) in [6, 6.07) is 5.38. The number of carbonyl (C=O) groups excluding carboxylic acids is 2. The molecule has 8 heteroatoms. The van der Waals surface area contributed by atoms with Gasteiger partial charge in [0.25, 0.3) is 0 Å². The van der Waals surface area contributed by atoms with Crippen LogP contribution in [0.1, 0.15) is 31.1 Å². The Morgan fingerprint density at radius 1 is 1.11 bits per heavy atom. The number of ether oxygens (including phenoxy) is 2. The summed E-state index contributed by atoms with van der Waals surface area (Å²) in [5, 5.41) is 9.02. The van der Waals surface area contributed by atoms with Crippen LogP contribution in [0.3, 0.4) is 0 Å². The molecule has 8 nitrogen and oxygen atoms in total. The van der Waals surface area contributed by atoms with Crippen LogP contribution >= 0.6 is 0 Å². The third-order valence-corrected chi connectivity index (χ3v) is 4.33. The van der Waals surface area contributed by atoms with Gasteiger partial charge in [-0.1, -0.05) is 12.1 Å². The van der Waals surface area contributed by atoms with Crippen molar-refractivity contribution in [2.45, 2.75) is 26.4 Å². The van der Waals surface area contributed by atoms with E-state index in [9.17, 15) is 9.59 Å². The third kappa shape index (κ3) is 4.10. The van der Waals surface area contributed by atoms with Gasteiger partial charge in [0.2, 0.25) is 0 Å². The highest BCUT2D eigenvalue weighted by atomic mass is 16.6. The number of methoxy groups -OCH3 is 1. The predicted molar refractivity (Wildman–Crippen MR) is 101 cm³/mol. The number of carbonyl (C=O) groups is 2. The number of piperazine rings is 1. The van der Waals surface area contributed by atoms with E-state index in [2.05, 4.69) is 15.1 Å². The maximum absolute atomic E-state index is 12.2. The molecule has 1 aromatic heterocycles. The molecule has 2 aromatic rings. The van der Waals surface area contributed by atoms with Crippen LogP contribution in [-0.2, 0) is 9.47 Å². The quantitative estimate of drug-likeness (QED) is 0.749.